The lowest BCUT2D eigenvalue weighted by atomic mass is 10.0. The number of hydrogen-bond acceptors (Lipinski definition) is 5. The molecule has 0 spiro atoms. The van der Waals surface area contributed by atoms with E-state index in [0.29, 0.717) is 0 Å². The number of aliphatic hydroxyl groups excluding tert-OH is 2. The van der Waals surface area contributed by atoms with E-state index < -0.39 is 47.6 Å². The lowest BCUT2D eigenvalue weighted by Crippen LogP contribution is -2.34. The Labute approximate surface area is 143 Å². The molecule has 9 heteroatoms. The normalized spacial score (nSPS) is 14.1. The van der Waals surface area contributed by atoms with Crippen LogP contribution in [-0.4, -0.2) is 41.2 Å². The van der Waals surface area contributed by atoms with Crippen LogP contribution in [0.3, 0.4) is 0 Å². The summed E-state index contributed by atoms with van der Waals surface area (Å²) in [6.07, 6.45) is -4.22. The Morgan fingerprint density at radius 3 is 2.48 bits per heavy atom. The van der Waals surface area contributed by atoms with Crippen LogP contribution >= 0.6 is 0 Å². The molecule has 2 unspecified atom stereocenters. The standard InChI is InChI=1S/C16H22F3NO5/c1-16(2,3)25-15(23)20-8-7-10(21)13(22)12-9(17)5-4-6-11(12)24-14(18)19/h4-6,10,13-14,21-22H,7-8H2,1-3H3,(H,20,23). The van der Waals surface area contributed by atoms with E-state index in [2.05, 4.69) is 10.1 Å². The summed E-state index contributed by atoms with van der Waals surface area (Å²) in [6.45, 7) is 1.74. The molecule has 0 aliphatic heterocycles. The molecule has 0 aromatic heterocycles. The van der Waals surface area contributed by atoms with Gasteiger partial charge in [0.05, 0.1) is 11.7 Å². The van der Waals surface area contributed by atoms with Crippen LogP contribution in [-0.2, 0) is 4.74 Å². The molecule has 0 saturated carbocycles. The molecule has 0 aliphatic rings. The highest BCUT2D eigenvalue weighted by Gasteiger charge is 2.26. The van der Waals surface area contributed by atoms with Crippen molar-refractivity contribution in [3.63, 3.8) is 0 Å². The van der Waals surface area contributed by atoms with Gasteiger partial charge in [-0.3, -0.25) is 0 Å². The van der Waals surface area contributed by atoms with Gasteiger partial charge in [-0.1, -0.05) is 6.07 Å². The number of alkyl carbamates (subject to hydrolysis) is 1. The van der Waals surface area contributed by atoms with Gasteiger partial charge in [-0.05, 0) is 39.3 Å². The van der Waals surface area contributed by atoms with Crippen molar-refractivity contribution in [3.8, 4) is 5.75 Å². The molecule has 0 aliphatic carbocycles. The van der Waals surface area contributed by atoms with Gasteiger partial charge < -0.3 is 25.0 Å². The average molecular weight is 365 g/mol. The van der Waals surface area contributed by atoms with Gasteiger partial charge >= 0.3 is 12.7 Å². The van der Waals surface area contributed by atoms with Crippen LogP contribution in [0, 0.1) is 5.82 Å². The van der Waals surface area contributed by atoms with Gasteiger partial charge in [0.1, 0.15) is 23.3 Å². The van der Waals surface area contributed by atoms with Crippen molar-refractivity contribution >= 4 is 6.09 Å². The van der Waals surface area contributed by atoms with E-state index in [1.165, 1.54) is 0 Å². The van der Waals surface area contributed by atoms with Crippen molar-refractivity contribution in [3.05, 3.63) is 29.6 Å². The number of hydrogen-bond donors (Lipinski definition) is 3. The van der Waals surface area contributed by atoms with E-state index in [4.69, 9.17) is 4.74 Å². The van der Waals surface area contributed by atoms with Crippen molar-refractivity contribution in [2.24, 2.45) is 0 Å². The van der Waals surface area contributed by atoms with Gasteiger partial charge in [-0.2, -0.15) is 8.78 Å². The molecule has 1 aromatic carbocycles. The van der Waals surface area contributed by atoms with E-state index in [0.717, 1.165) is 18.2 Å². The first-order valence-corrected chi connectivity index (χ1v) is 7.57. The Kier molecular flexibility index (Phi) is 7.50. The summed E-state index contributed by atoms with van der Waals surface area (Å²) in [5.74, 6) is -1.56. The van der Waals surface area contributed by atoms with Gasteiger partial charge in [0.2, 0.25) is 0 Å². The van der Waals surface area contributed by atoms with Gasteiger partial charge in [-0.15, -0.1) is 0 Å². The second-order valence-corrected chi connectivity index (χ2v) is 6.26. The maximum atomic E-state index is 13.9. The number of benzene rings is 1. The van der Waals surface area contributed by atoms with E-state index in [1.54, 1.807) is 20.8 Å². The van der Waals surface area contributed by atoms with Gasteiger partial charge in [0.25, 0.3) is 0 Å². The highest BCUT2D eigenvalue weighted by atomic mass is 19.3. The molecule has 6 nitrogen and oxygen atoms in total. The number of amides is 1. The Morgan fingerprint density at radius 1 is 1.28 bits per heavy atom. The summed E-state index contributed by atoms with van der Waals surface area (Å²) < 4.78 is 47.8. The minimum atomic E-state index is -3.21. The number of ether oxygens (including phenoxy) is 2. The van der Waals surface area contributed by atoms with Crippen molar-refractivity contribution in [1.29, 1.82) is 0 Å². The molecule has 1 aromatic rings. The van der Waals surface area contributed by atoms with Crippen LogP contribution in [0.5, 0.6) is 5.75 Å². The summed E-state index contributed by atoms with van der Waals surface area (Å²) in [6, 6.07) is 3.14. The minimum absolute atomic E-state index is 0.0768. The molecule has 142 valence electrons. The molecular formula is C16H22F3NO5. The van der Waals surface area contributed by atoms with E-state index in [1.807, 2.05) is 0 Å². The first kappa shape index (κ1) is 21.0. The molecule has 3 N–H and O–H groups in total. The third-order valence-corrected chi connectivity index (χ3v) is 3.00. The lowest BCUT2D eigenvalue weighted by molar-refractivity contribution is -0.0546. The van der Waals surface area contributed by atoms with Crippen molar-refractivity contribution in [2.45, 2.75) is 51.6 Å². The first-order valence-electron chi connectivity index (χ1n) is 7.57. The fourth-order valence-corrected chi connectivity index (χ4v) is 1.99. The highest BCUT2D eigenvalue weighted by molar-refractivity contribution is 5.67. The lowest BCUT2D eigenvalue weighted by Gasteiger charge is -2.22. The van der Waals surface area contributed by atoms with Crippen LogP contribution < -0.4 is 10.1 Å². The summed E-state index contributed by atoms with van der Waals surface area (Å²) in [7, 11) is 0. The highest BCUT2D eigenvalue weighted by Crippen LogP contribution is 2.31. The van der Waals surface area contributed by atoms with E-state index in [9.17, 15) is 28.2 Å². The van der Waals surface area contributed by atoms with Crippen LogP contribution in [0.2, 0.25) is 0 Å². The number of aliphatic hydroxyl groups is 2. The van der Waals surface area contributed by atoms with Crippen LogP contribution in [0.25, 0.3) is 0 Å². The Hall–Kier alpha value is -2.00. The maximum absolute atomic E-state index is 13.9. The van der Waals surface area contributed by atoms with Gasteiger partial charge in [-0.25, -0.2) is 9.18 Å². The van der Waals surface area contributed by atoms with Crippen molar-refractivity contribution in [2.75, 3.05) is 6.54 Å². The topological polar surface area (TPSA) is 88.0 Å². The molecule has 1 amide bonds. The third-order valence-electron chi connectivity index (χ3n) is 3.00. The summed E-state index contributed by atoms with van der Waals surface area (Å²) in [4.78, 5) is 11.5. The van der Waals surface area contributed by atoms with E-state index >= 15 is 0 Å². The molecule has 1 rings (SSSR count). The first-order chi connectivity index (χ1) is 11.5. The van der Waals surface area contributed by atoms with Crippen LogP contribution in [0.1, 0.15) is 38.9 Å². The summed E-state index contributed by atoms with van der Waals surface area (Å²) in [5.41, 5.74) is -1.27. The van der Waals surface area contributed by atoms with Crippen molar-refractivity contribution < 1.29 is 37.7 Å². The summed E-state index contributed by atoms with van der Waals surface area (Å²) >= 11 is 0. The number of rotatable bonds is 7. The van der Waals surface area contributed by atoms with Crippen LogP contribution in [0.15, 0.2) is 18.2 Å². The second-order valence-electron chi connectivity index (χ2n) is 6.26. The molecule has 0 fully saturated rings. The Bertz CT molecular complexity index is 577. The van der Waals surface area contributed by atoms with Crippen LogP contribution in [0.4, 0.5) is 18.0 Å². The fourth-order valence-electron chi connectivity index (χ4n) is 1.99. The van der Waals surface area contributed by atoms with E-state index in [-0.39, 0.29) is 13.0 Å². The molecule has 2 atom stereocenters. The molecule has 0 radical (unpaired) electrons. The zero-order valence-corrected chi connectivity index (χ0v) is 14.1. The molecule has 0 bridgehead atoms. The molecule has 0 heterocycles. The molecular weight excluding hydrogens is 343 g/mol. The SMILES string of the molecule is CC(C)(C)OC(=O)NCCC(O)C(O)c1c(F)cccc1OC(F)F. The maximum Gasteiger partial charge on any atom is 0.407 e. The monoisotopic (exact) mass is 365 g/mol. The van der Waals surface area contributed by atoms with Gasteiger partial charge in [0, 0.05) is 6.54 Å². The quantitative estimate of drug-likeness (QED) is 0.692. The second kappa shape index (κ2) is 8.91. The number of carbonyl (C=O) groups excluding carboxylic acids is 1. The number of alkyl halides is 2. The summed E-state index contributed by atoms with van der Waals surface area (Å²) in [5, 5.41) is 22.4. The number of nitrogens with one attached hydrogen (secondary N) is 1. The Morgan fingerprint density at radius 2 is 1.92 bits per heavy atom. The van der Waals surface area contributed by atoms with Gasteiger partial charge in [0.15, 0.2) is 0 Å². The Balaban J connectivity index is 2.68. The molecule has 0 saturated heterocycles. The third kappa shape index (κ3) is 7.18. The minimum Gasteiger partial charge on any atom is -0.444 e. The largest absolute Gasteiger partial charge is 0.444 e. The zero-order valence-electron chi connectivity index (χ0n) is 14.1. The zero-order chi connectivity index (χ0) is 19.2. The van der Waals surface area contributed by atoms with Crippen molar-refractivity contribution in [1.82, 2.24) is 5.32 Å². The number of carbonyl (C=O) groups is 1. The number of halogens is 3. The molecule has 25 heavy (non-hydrogen) atoms. The predicted octanol–water partition coefficient (Wildman–Crippen LogP) is 2.74. The predicted molar refractivity (Wildman–Crippen MR) is 82.9 cm³/mol. The smallest absolute Gasteiger partial charge is 0.407 e. The fraction of sp³-hybridized carbons (Fsp3) is 0.562. The average Bonchev–Trinajstić information content (AvgIpc) is 2.44.